The quantitative estimate of drug-likeness (QED) is 0.573. The Kier molecular flexibility index (Phi) is 3.12. The van der Waals surface area contributed by atoms with E-state index in [0.29, 0.717) is 6.04 Å². The topological polar surface area (TPSA) is 30.5 Å². The van der Waals surface area contributed by atoms with Crippen LogP contribution in [-0.4, -0.2) is 26.9 Å². The van der Waals surface area contributed by atoms with Crippen molar-refractivity contribution in [2.75, 3.05) is 20.8 Å². The predicted octanol–water partition coefficient (Wildman–Crippen LogP) is 0.562. The van der Waals surface area contributed by atoms with E-state index >= 15 is 0 Å². The average molecular weight is 145 g/mol. The first kappa shape index (κ1) is 7.98. The van der Waals surface area contributed by atoms with E-state index in [1.54, 1.807) is 14.2 Å². The Morgan fingerprint density at radius 3 is 2.60 bits per heavy atom. The van der Waals surface area contributed by atoms with Crippen molar-refractivity contribution in [2.24, 2.45) is 5.92 Å². The van der Waals surface area contributed by atoms with Gasteiger partial charge in [0.1, 0.15) is 0 Å². The van der Waals surface area contributed by atoms with Gasteiger partial charge in [-0.1, -0.05) is 0 Å². The molecule has 0 aromatic carbocycles. The van der Waals surface area contributed by atoms with E-state index in [2.05, 4.69) is 5.48 Å². The van der Waals surface area contributed by atoms with Crippen LogP contribution >= 0.6 is 0 Å². The Labute approximate surface area is 61.7 Å². The van der Waals surface area contributed by atoms with E-state index in [1.807, 2.05) is 0 Å². The summed E-state index contributed by atoms with van der Waals surface area (Å²) in [6, 6.07) is 0.398. The number of hydrogen-bond donors (Lipinski definition) is 1. The first-order valence-electron chi connectivity index (χ1n) is 3.66. The molecule has 1 saturated carbocycles. The van der Waals surface area contributed by atoms with Gasteiger partial charge in [0.15, 0.2) is 0 Å². The zero-order valence-electron chi connectivity index (χ0n) is 6.59. The van der Waals surface area contributed by atoms with Crippen molar-refractivity contribution >= 4 is 0 Å². The molecule has 0 bridgehead atoms. The Bertz CT molecular complexity index is 87.6. The molecule has 0 heterocycles. The second-order valence-corrected chi connectivity index (χ2v) is 2.72. The summed E-state index contributed by atoms with van der Waals surface area (Å²) >= 11 is 0. The average Bonchev–Trinajstić information content (AvgIpc) is 2.69. The molecule has 0 amide bonds. The van der Waals surface area contributed by atoms with Crippen molar-refractivity contribution in [1.82, 2.24) is 5.48 Å². The molecular weight excluding hydrogens is 130 g/mol. The van der Waals surface area contributed by atoms with Gasteiger partial charge in [-0.25, -0.2) is 0 Å². The summed E-state index contributed by atoms with van der Waals surface area (Å²) in [5.41, 5.74) is 2.92. The van der Waals surface area contributed by atoms with Crippen LogP contribution in [-0.2, 0) is 9.57 Å². The Balaban J connectivity index is 2.13. The summed E-state index contributed by atoms with van der Waals surface area (Å²) in [4.78, 5) is 4.83. The fraction of sp³-hybridized carbons (Fsp3) is 1.00. The summed E-state index contributed by atoms with van der Waals surface area (Å²) in [6.45, 7) is 0.749. The molecule has 1 atom stereocenters. The zero-order valence-corrected chi connectivity index (χ0v) is 6.59. The minimum atomic E-state index is 0.398. The van der Waals surface area contributed by atoms with Gasteiger partial charge in [-0.3, -0.25) is 0 Å². The van der Waals surface area contributed by atoms with Crippen LogP contribution in [0.1, 0.15) is 12.8 Å². The normalized spacial score (nSPS) is 21.0. The van der Waals surface area contributed by atoms with Crippen LogP contribution in [0.25, 0.3) is 0 Å². The highest BCUT2D eigenvalue weighted by Gasteiger charge is 2.30. The number of rotatable bonds is 5. The standard InChI is InChI=1S/C7H15NO2/c1-9-5-7(8-10-2)6-3-4-6/h6-8H,3-5H2,1-2H3. The number of hydroxylamine groups is 1. The molecule has 60 valence electrons. The zero-order chi connectivity index (χ0) is 7.40. The number of nitrogens with one attached hydrogen (secondary N) is 1. The first-order chi connectivity index (χ1) is 4.88. The van der Waals surface area contributed by atoms with Crippen molar-refractivity contribution in [3.63, 3.8) is 0 Å². The minimum Gasteiger partial charge on any atom is -0.383 e. The predicted molar refractivity (Wildman–Crippen MR) is 38.5 cm³/mol. The maximum atomic E-state index is 5.02. The SMILES string of the molecule is COCC(NOC)C1CC1. The molecule has 0 aromatic rings. The van der Waals surface area contributed by atoms with E-state index in [4.69, 9.17) is 9.57 Å². The van der Waals surface area contributed by atoms with Gasteiger partial charge in [-0.05, 0) is 18.8 Å². The van der Waals surface area contributed by atoms with Gasteiger partial charge >= 0.3 is 0 Å². The molecule has 0 saturated heterocycles. The van der Waals surface area contributed by atoms with E-state index in [0.717, 1.165) is 12.5 Å². The highest BCUT2D eigenvalue weighted by molar-refractivity contribution is 4.84. The second-order valence-electron chi connectivity index (χ2n) is 2.72. The number of methoxy groups -OCH3 is 1. The van der Waals surface area contributed by atoms with Crippen LogP contribution in [0, 0.1) is 5.92 Å². The summed E-state index contributed by atoms with van der Waals surface area (Å²) < 4.78 is 5.02. The molecule has 1 N–H and O–H groups in total. The lowest BCUT2D eigenvalue weighted by molar-refractivity contribution is 0.0223. The Morgan fingerprint density at radius 1 is 1.50 bits per heavy atom. The molecule has 1 fully saturated rings. The van der Waals surface area contributed by atoms with Gasteiger partial charge in [0, 0.05) is 7.11 Å². The molecule has 3 heteroatoms. The van der Waals surface area contributed by atoms with Crippen molar-refractivity contribution < 1.29 is 9.57 Å². The van der Waals surface area contributed by atoms with Crippen LogP contribution in [0.15, 0.2) is 0 Å². The molecule has 1 aliphatic rings. The van der Waals surface area contributed by atoms with E-state index < -0.39 is 0 Å². The smallest absolute Gasteiger partial charge is 0.0641 e. The monoisotopic (exact) mass is 145 g/mol. The maximum Gasteiger partial charge on any atom is 0.0641 e. The van der Waals surface area contributed by atoms with Gasteiger partial charge in [-0.2, -0.15) is 5.48 Å². The third-order valence-electron chi connectivity index (χ3n) is 1.81. The Morgan fingerprint density at radius 2 is 2.20 bits per heavy atom. The molecular formula is C7H15NO2. The van der Waals surface area contributed by atoms with Crippen molar-refractivity contribution in [1.29, 1.82) is 0 Å². The Hall–Kier alpha value is -0.120. The van der Waals surface area contributed by atoms with Gasteiger partial charge in [0.25, 0.3) is 0 Å². The van der Waals surface area contributed by atoms with Gasteiger partial charge in [0.05, 0.1) is 19.8 Å². The number of ether oxygens (including phenoxy) is 1. The lowest BCUT2D eigenvalue weighted by Gasteiger charge is -2.14. The molecule has 1 unspecified atom stereocenters. The van der Waals surface area contributed by atoms with E-state index in [-0.39, 0.29) is 0 Å². The van der Waals surface area contributed by atoms with Gasteiger partial charge < -0.3 is 9.57 Å². The highest BCUT2D eigenvalue weighted by atomic mass is 16.6. The van der Waals surface area contributed by atoms with Crippen LogP contribution in [0.3, 0.4) is 0 Å². The first-order valence-corrected chi connectivity index (χ1v) is 3.66. The van der Waals surface area contributed by atoms with Crippen LogP contribution in [0.2, 0.25) is 0 Å². The van der Waals surface area contributed by atoms with Gasteiger partial charge in [-0.15, -0.1) is 0 Å². The lowest BCUT2D eigenvalue weighted by Crippen LogP contribution is -2.34. The van der Waals surface area contributed by atoms with Crippen molar-refractivity contribution in [3.05, 3.63) is 0 Å². The fourth-order valence-electron chi connectivity index (χ4n) is 1.10. The molecule has 1 rings (SSSR count). The minimum absolute atomic E-state index is 0.398. The van der Waals surface area contributed by atoms with E-state index in [9.17, 15) is 0 Å². The molecule has 0 spiro atoms. The summed E-state index contributed by atoms with van der Waals surface area (Å²) in [7, 11) is 3.36. The fourth-order valence-corrected chi connectivity index (χ4v) is 1.10. The largest absolute Gasteiger partial charge is 0.383 e. The molecule has 0 aliphatic heterocycles. The molecule has 1 aliphatic carbocycles. The van der Waals surface area contributed by atoms with Crippen molar-refractivity contribution in [3.8, 4) is 0 Å². The lowest BCUT2D eigenvalue weighted by atomic mass is 10.2. The highest BCUT2D eigenvalue weighted by Crippen LogP contribution is 2.32. The summed E-state index contributed by atoms with van der Waals surface area (Å²) in [6.07, 6.45) is 2.62. The number of hydrogen-bond acceptors (Lipinski definition) is 3. The molecule has 10 heavy (non-hydrogen) atoms. The van der Waals surface area contributed by atoms with Crippen LogP contribution in [0.4, 0.5) is 0 Å². The third-order valence-corrected chi connectivity index (χ3v) is 1.81. The molecule has 0 radical (unpaired) electrons. The molecule has 0 aromatic heterocycles. The molecule has 3 nitrogen and oxygen atoms in total. The second kappa shape index (κ2) is 3.91. The van der Waals surface area contributed by atoms with Gasteiger partial charge in [0.2, 0.25) is 0 Å². The van der Waals surface area contributed by atoms with Crippen LogP contribution < -0.4 is 5.48 Å². The summed E-state index contributed by atoms with van der Waals surface area (Å²) in [5.74, 6) is 0.778. The third kappa shape index (κ3) is 2.25. The summed E-state index contributed by atoms with van der Waals surface area (Å²) in [5, 5.41) is 0. The maximum absolute atomic E-state index is 5.02. The van der Waals surface area contributed by atoms with Crippen molar-refractivity contribution in [2.45, 2.75) is 18.9 Å². The van der Waals surface area contributed by atoms with E-state index in [1.165, 1.54) is 12.8 Å². The van der Waals surface area contributed by atoms with Crippen LogP contribution in [0.5, 0.6) is 0 Å².